The lowest BCUT2D eigenvalue weighted by molar-refractivity contribution is 0.0723. The van der Waals surface area contributed by atoms with Gasteiger partial charge in [0.25, 0.3) is 0 Å². The van der Waals surface area contributed by atoms with E-state index in [9.17, 15) is 0 Å². The number of fused-ring (bicyclic) bond motifs is 2. The topological polar surface area (TPSA) is 20.2 Å². The van der Waals surface area contributed by atoms with Gasteiger partial charge < -0.3 is 5.11 Å². The Kier molecular flexibility index (Phi) is 4.41. The highest BCUT2D eigenvalue weighted by Gasteiger charge is 2.55. The molecule has 106 valence electrons. The smallest absolute Gasteiger partial charge is 0.0433 e. The van der Waals surface area contributed by atoms with Gasteiger partial charge in [-0.15, -0.1) is 0 Å². The van der Waals surface area contributed by atoms with E-state index in [0.717, 1.165) is 30.1 Å². The lowest BCUT2D eigenvalue weighted by Gasteiger charge is -2.42. The molecule has 2 rings (SSSR count). The van der Waals surface area contributed by atoms with Gasteiger partial charge in [0.1, 0.15) is 0 Å². The largest absolute Gasteiger partial charge is 0.396 e. The molecule has 1 heteroatoms. The molecule has 0 radical (unpaired) electrons. The van der Waals surface area contributed by atoms with E-state index >= 15 is 0 Å². The zero-order valence-corrected chi connectivity index (χ0v) is 12.8. The summed E-state index contributed by atoms with van der Waals surface area (Å²) in [7, 11) is 0. The molecular formula is C17H32O. The van der Waals surface area contributed by atoms with Crippen LogP contribution in [0.1, 0.15) is 66.2 Å². The minimum atomic E-state index is 0.365. The second-order valence-corrected chi connectivity index (χ2v) is 7.76. The molecule has 0 aromatic carbocycles. The van der Waals surface area contributed by atoms with E-state index in [-0.39, 0.29) is 0 Å². The normalized spacial score (nSPS) is 39.2. The first-order chi connectivity index (χ1) is 8.49. The van der Waals surface area contributed by atoms with Gasteiger partial charge in [0.15, 0.2) is 0 Å². The third-order valence-corrected chi connectivity index (χ3v) is 5.94. The Bertz CT molecular complexity index is 271. The van der Waals surface area contributed by atoms with Crippen LogP contribution in [0.25, 0.3) is 0 Å². The summed E-state index contributed by atoms with van der Waals surface area (Å²) in [6, 6.07) is 0. The predicted octanol–water partition coefficient (Wildman–Crippen LogP) is 4.49. The lowest BCUT2D eigenvalue weighted by atomic mass is 9.63. The van der Waals surface area contributed by atoms with Gasteiger partial charge in [0.05, 0.1) is 0 Å². The molecule has 0 spiro atoms. The van der Waals surface area contributed by atoms with Crippen LogP contribution in [-0.4, -0.2) is 11.7 Å². The fourth-order valence-corrected chi connectivity index (χ4v) is 5.21. The van der Waals surface area contributed by atoms with Crippen molar-refractivity contribution < 1.29 is 5.11 Å². The molecule has 0 amide bonds. The van der Waals surface area contributed by atoms with Gasteiger partial charge in [0, 0.05) is 6.61 Å². The molecule has 0 saturated heterocycles. The fraction of sp³-hybridized carbons (Fsp3) is 1.00. The second-order valence-electron chi connectivity index (χ2n) is 7.76. The molecule has 1 nitrogen and oxygen atoms in total. The van der Waals surface area contributed by atoms with Crippen LogP contribution in [-0.2, 0) is 0 Å². The minimum absolute atomic E-state index is 0.365. The standard InChI is InChI=1S/C17H32O/c1-5-6-14-13-10-16(17(3,4)11-13)15(14)9-12(2)7-8-18/h12-16,18H,5-11H2,1-4H3. The molecule has 2 aliphatic carbocycles. The van der Waals surface area contributed by atoms with Crippen molar-refractivity contribution in [2.75, 3.05) is 6.61 Å². The van der Waals surface area contributed by atoms with Crippen molar-refractivity contribution in [2.45, 2.75) is 66.2 Å². The van der Waals surface area contributed by atoms with Gasteiger partial charge >= 0.3 is 0 Å². The summed E-state index contributed by atoms with van der Waals surface area (Å²) < 4.78 is 0. The van der Waals surface area contributed by atoms with Crippen LogP contribution in [0.2, 0.25) is 0 Å². The van der Waals surface area contributed by atoms with E-state index in [0.29, 0.717) is 17.9 Å². The molecule has 0 aromatic heterocycles. The number of hydrogen-bond donors (Lipinski definition) is 1. The van der Waals surface area contributed by atoms with Crippen molar-refractivity contribution in [2.24, 2.45) is 35.0 Å². The summed E-state index contributed by atoms with van der Waals surface area (Å²) in [4.78, 5) is 0. The van der Waals surface area contributed by atoms with E-state index in [1.54, 1.807) is 0 Å². The Morgan fingerprint density at radius 3 is 2.61 bits per heavy atom. The molecule has 0 heterocycles. The van der Waals surface area contributed by atoms with Crippen molar-refractivity contribution in [3.8, 4) is 0 Å². The molecule has 5 atom stereocenters. The first kappa shape index (κ1) is 14.4. The number of aliphatic hydroxyl groups is 1. The zero-order chi connectivity index (χ0) is 13.3. The number of aliphatic hydroxyl groups excluding tert-OH is 1. The zero-order valence-electron chi connectivity index (χ0n) is 12.8. The van der Waals surface area contributed by atoms with E-state index < -0.39 is 0 Å². The van der Waals surface area contributed by atoms with Crippen molar-refractivity contribution in [1.82, 2.24) is 0 Å². The van der Waals surface area contributed by atoms with Gasteiger partial charge in [-0.2, -0.15) is 0 Å². The van der Waals surface area contributed by atoms with Gasteiger partial charge in [-0.1, -0.05) is 40.5 Å². The maximum absolute atomic E-state index is 9.11. The molecule has 1 N–H and O–H groups in total. The maximum atomic E-state index is 9.11. The van der Waals surface area contributed by atoms with Gasteiger partial charge in [-0.05, 0) is 60.7 Å². The Labute approximate surface area is 113 Å². The van der Waals surface area contributed by atoms with E-state index in [4.69, 9.17) is 5.11 Å². The van der Waals surface area contributed by atoms with Crippen LogP contribution in [0.3, 0.4) is 0 Å². The van der Waals surface area contributed by atoms with Gasteiger partial charge in [-0.3, -0.25) is 0 Å². The van der Waals surface area contributed by atoms with Gasteiger partial charge in [-0.25, -0.2) is 0 Å². The average Bonchev–Trinajstić information content (AvgIpc) is 2.74. The number of rotatable bonds is 6. The van der Waals surface area contributed by atoms with Crippen LogP contribution >= 0.6 is 0 Å². The summed E-state index contributed by atoms with van der Waals surface area (Å²) in [5.74, 6) is 4.61. The molecule has 18 heavy (non-hydrogen) atoms. The molecule has 2 saturated carbocycles. The Hall–Kier alpha value is -0.0400. The molecular weight excluding hydrogens is 220 g/mol. The second kappa shape index (κ2) is 5.53. The quantitative estimate of drug-likeness (QED) is 0.738. The Morgan fingerprint density at radius 2 is 2.00 bits per heavy atom. The molecule has 2 bridgehead atoms. The summed E-state index contributed by atoms with van der Waals surface area (Å²) in [6.45, 7) is 10.0. The SMILES string of the molecule is CCCC1C2CC(C1CC(C)CCO)C(C)(C)C2. The van der Waals surface area contributed by atoms with E-state index in [1.165, 1.54) is 32.1 Å². The number of hydrogen-bond acceptors (Lipinski definition) is 1. The van der Waals surface area contributed by atoms with Crippen molar-refractivity contribution >= 4 is 0 Å². The molecule has 0 aliphatic heterocycles. The van der Waals surface area contributed by atoms with Crippen molar-refractivity contribution in [3.05, 3.63) is 0 Å². The highest BCUT2D eigenvalue weighted by molar-refractivity contribution is 5.04. The third-order valence-electron chi connectivity index (χ3n) is 5.94. The summed E-state index contributed by atoms with van der Waals surface area (Å²) in [5.41, 5.74) is 0.582. The highest BCUT2D eigenvalue weighted by Crippen LogP contribution is 2.63. The monoisotopic (exact) mass is 252 g/mol. The first-order valence-corrected chi connectivity index (χ1v) is 8.10. The highest BCUT2D eigenvalue weighted by atomic mass is 16.3. The average molecular weight is 252 g/mol. The summed E-state index contributed by atoms with van der Waals surface area (Å²) in [5, 5.41) is 9.11. The predicted molar refractivity (Wildman–Crippen MR) is 77.4 cm³/mol. The van der Waals surface area contributed by atoms with Crippen LogP contribution in [0.5, 0.6) is 0 Å². The van der Waals surface area contributed by atoms with Crippen molar-refractivity contribution in [3.63, 3.8) is 0 Å². The minimum Gasteiger partial charge on any atom is -0.396 e. The van der Waals surface area contributed by atoms with Crippen molar-refractivity contribution in [1.29, 1.82) is 0 Å². The van der Waals surface area contributed by atoms with Crippen LogP contribution in [0.4, 0.5) is 0 Å². The fourth-order valence-electron chi connectivity index (χ4n) is 5.21. The molecule has 0 aromatic rings. The summed E-state index contributed by atoms with van der Waals surface area (Å²) in [6.07, 6.45) is 8.09. The summed E-state index contributed by atoms with van der Waals surface area (Å²) >= 11 is 0. The van der Waals surface area contributed by atoms with Crippen LogP contribution in [0.15, 0.2) is 0 Å². The lowest BCUT2D eigenvalue weighted by Crippen LogP contribution is -2.34. The van der Waals surface area contributed by atoms with E-state index in [2.05, 4.69) is 27.7 Å². The third kappa shape index (κ3) is 2.61. The molecule has 2 fully saturated rings. The van der Waals surface area contributed by atoms with Gasteiger partial charge in [0.2, 0.25) is 0 Å². The first-order valence-electron chi connectivity index (χ1n) is 8.10. The molecule has 2 aliphatic rings. The Balaban J connectivity index is 2.04. The van der Waals surface area contributed by atoms with Crippen LogP contribution in [0, 0.1) is 35.0 Å². The van der Waals surface area contributed by atoms with E-state index in [1.807, 2.05) is 0 Å². The molecule has 5 unspecified atom stereocenters. The van der Waals surface area contributed by atoms with Crippen LogP contribution < -0.4 is 0 Å². The maximum Gasteiger partial charge on any atom is 0.0433 e. The Morgan fingerprint density at radius 1 is 1.28 bits per heavy atom.